The van der Waals surface area contributed by atoms with Crippen LogP contribution in [0.4, 0.5) is 4.39 Å². The molecule has 0 atom stereocenters. The summed E-state index contributed by atoms with van der Waals surface area (Å²) in [7, 11) is 0. The normalized spacial score (nSPS) is 10.5. The minimum Gasteiger partial charge on any atom is -0.291 e. The van der Waals surface area contributed by atoms with Gasteiger partial charge in [-0.2, -0.15) is 5.26 Å². The van der Waals surface area contributed by atoms with Crippen LogP contribution in [0.2, 0.25) is 0 Å². The lowest BCUT2D eigenvalue weighted by atomic mass is 10.1. The molecular weight excluding hydrogens is 275 g/mol. The van der Waals surface area contributed by atoms with E-state index in [1.165, 1.54) is 6.07 Å². The van der Waals surface area contributed by atoms with E-state index in [9.17, 15) is 4.39 Å². The van der Waals surface area contributed by atoms with Crippen molar-refractivity contribution < 1.29 is 4.39 Å². The minimum atomic E-state index is -0.217. The Morgan fingerprint density at radius 1 is 1.14 bits per heavy atom. The summed E-state index contributed by atoms with van der Waals surface area (Å²) >= 11 is 0. The van der Waals surface area contributed by atoms with Crippen LogP contribution in [0.5, 0.6) is 0 Å². The Hall–Kier alpha value is -2.44. The molecule has 0 heterocycles. The van der Waals surface area contributed by atoms with Crippen LogP contribution in [0.15, 0.2) is 60.7 Å². The predicted octanol–water partition coefficient (Wildman–Crippen LogP) is 4.28. The maximum absolute atomic E-state index is 13.3. The van der Waals surface area contributed by atoms with Crippen LogP contribution >= 0.6 is 0 Å². The number of rotatable bonds is 6. The molecular formula is C19H19FN2. The van der Waals surface area contributed by atoms with E-state index in [2.05, 4.69) is 17.5 Å². The fraction of sp³-hybridized carbons (Fsp3) is 0.211. The van der Waals surface area contributed by atoms with Gasteiger partial charge < -0.3 is 0 Å². The van der Waals surface area contributed by atoms with Gasteiger partial charge in [-0.15, -0.1) is 0 Å². The van der Waals surface area contributed by atoms with Crippen LogP contribution in [0, 0.1) is 17.1 Å². The molecule has 22 heavy (non-hydrogen) atoms. The van der Waals surface area contributed by atoms with Crippen molar-refractivity contribution in [1.29, 1.82) is 5.26 Å². The largest absolute Gasteiger partial charge is 0.291 e. The highest BCUT2D eigenvalue weighted by Gasteiger charge is 2.08. The molecule has 0 radical (unpaired) electrons. The molecule has 2 nitrogen and oxygen atoms in total. The van der Waals surface area contributed by atoms with Crippen molar-refractivity contribution in [3.63, 3.8) is 0 Å². The highest BCUT2D eigenvalue weighted by atomic mass is 19.1. The van der Waals surface area contributed by atoms with Gasteiger partial charge in [0, 0.05) is 19.6 Å². The standard InChI is InChI=1S/C19H19FN2/c1-15(2)12-22(14-18-4-3-5-19(20)10-18)13-17-8-6-16(11-21)7-9-17/h3-10H,1,12-14H2,2H3. The third-order valence-electron chi connectivity index (χ3n) is 3.28. The summed E-state index contributed by atoms with van der Waals surface area (Å²) in [6, 6.07) is 16.3. The topological polar surface area (TPSA) is 27.0 Å². The van der Waals surface area contributed by atoms with Crippen LogP contribution in [0.3, 0.4) is 0 Å². The average Bonchev–Trinajstić information content (AvgIpc) is 2.47. The number of nitriles is 1. The van der Waals surface area contributed by atoms with E-state index >= 15 is 0 Å². The predicted molar refractivity (Wildman–Crippen MR) is 86.5 cm³/mol. The monoisotopic (exact) mass is 294 g/mol. The molecule has 0 aromatic heterocycles. The highest BCUT2D eigenvalue weighted by Crippen LogP contribution is 2.13. The van der Waals surface area contributed by atoms with E-state index in [0.717, 1.165) is 29.8 Å². The summed E-state index contributed by atoms with van der Waals surface area (Å²) in [6.07, 6.45) is 0. The summed E-state index contributed by atoms with van der Waals surface area (Å²) in [4.78, 5) is 2.21. The Kier molecular flexibility index (Phi) is 5.46. The first-order valence-electron chi connectivity index (χ1n) is 7.17. The van der Waals surface area contributed by atoms with Gasteiger partial charge in [-0.3, -0.25) is 4.90 Å². The van der Waals surface area contributed by atoms with Gasteiger partial charge in [-0.05, 0) is 42.3 Å². The molecule has 0 aliphatic carbocycles. The maximum atomic E-state index is 13.3. The van der Waals surface area contributed by atoms with E-state index in [1.54, 1.807) is 12.1 Å². The minimum absolute atomic E-state index is 0.217. The Balaban J connectivity index is 2.11. The van der Waals surface area contributed by atoms with Crippen molar-refractivity contribution in [3.05, 3.63) is 83.2 Å². The maximum Gasteiger partial charge on any atom is 0.123 e. The fourth-order valence-electron chi connectivity index (χ4n) is 2.39. The molecule has 3 heteroatoms. The quantitative estimate of drug-likeness (QED) is 0.744. The van der Waals surface area contributed by atoms with Crippen LogP contribution in [-0.2, 0) is 13.1 Å². The second kappa shape index (κ2) is 7.53. The van der Waals surface area contributed by atoms with Crippen molar-refractivity contribution in [1.82, 2.24) is 4.90 Å². The molecule has 0 N–H and O–H groups in total. The summed E-state index contributed by atoms with van der Waals surface area (Å²) in [6.45, 7) is 8.08. The molecule has 0 bridgehead atoms. The number of nitrogens with zero attached hydrogens (tertiary/aromatic N) is 2. The van der Waals surface area contributed by atoms with Crippen molar-refractivity contribution in [2.75, 3.05) is 6.54 Å². The first-order chi connectivity index (χ1) is 10.6. The second-order valence-electron chi connectivity index (χ2n) is 5.54. The summed E-state index contributed by atoms with van der Waals surface area (Å²) in [5, 5.41) is 8.84. The SMILES string of the molecule is C=C(C)CN(Cc1ccc(C#N)cc1)Cc1cccc(F)c1. The summed E-state index contributed by atoms with van der Waals surface area (Å²) < 4.78 is 13.3. The third-order valence-corrected chi connectivity index (χ3v) is 3.28. The second-order valence-corrected chi connectivity index (χ2v) is 5.54. The molecule has 0 spiro atoms. The number of hydrogen-bond acceptors (Lipinski definition) is 2. The number of hydrogen-bond donors (Lipinski definition) is 0. The fourth-order valence-corrected chi connectivity index (χ4v) is 2.39. The summed E-state index contributed by atoms with van der Waals surface area (Å²) in [5.74, 6) is -0.217. The van der Waals surface area contributed by atoms with Crippen molar-refractivity contribution in [3.8, 4) is 6.07 Å². The molecule has 112 valence electrons. The molecule has 0 aliphatic heterocycles. The third kappa shape index (κ3) is 4.83. The number of benzene rings is 2. The molecule has 2 aromatic carbocycles. The van der Waals surface area contributed by atoms with Crippen LogP contribution < -0.4 is 0 Å². The van der Waals surface area contributed by atoms with Crippen molar-refractivity contribution in [2.45, 2.75) is 20.0 Å². The summed E-state index contributed by atoms with van der Waals surface area (Å²) in [5.41, 5.74) is 3.77. The zero-order chi connectivity index (χ0) is 15.9. The smallest absolute Gasteiger partial charge is 0.123 e. The highest BCUT2D eigenvalue weighted by molar-refractivity contribution is 5.31. The Morgan fingerprint density at radius 2 is 1.82 bits per heavy atom. The molecule has 2 rings (SSSR count). The lowest BCUT2D eigenvalue weighted by Crippen LogP contribution is -2.24. The lowest BCUT2D eigenvalue weighted by molar-refractivity contribution is 0.279. The molecule has 2 aromatic rings. The van der Waals surface area contributed by atoms with Crippen LogP contribution in [0.1, 0.15) is 23.6 Å². The van der Waals surface area contributed by atoms with Gasteiger partial charge in [-0.1, -0.05) is 36.4 Å². The molecule has 0 saturated heterocycles. The van der Waals surface area contributed by atoms with E-state index in [1.807, 2.05) is 37.3 Å². The van der Waals surface area contributed by atoms with Gasteiger partial charge in [0.2, 0.25) is 0 Å². The van der Waals surface area contributed by atoms with Gasteiger partial charge in [0.25, 0.3) is 0 Å². The average molecular weight is 294 g/mol. The first-order valence-corrected chi connectivity index (χ1v) is 7.17. The van der Waals surface area contributed by atoms with Crippen molar-refractivity contribution >= 4 is 0 Å². The van der Waals surface area contributed by atoms with Gasteiger partial charge in [0.1, 0.15) is 5.82 Å². The van der Waals surface area contributed by atoms with Gasteiger partial charge in [0.15, 0.2) is 0 Å². The van der Waals surface area contributed by atoms with E-state index in [-0.39, 0.29) is 5.82 Å². The van der Waals surface area contributed by atoms with Gasteiger partial charge in [0.05, 0.1) is 11.6 Å². The van der Waals surface area contributed by atoms with E-state index in [4.69, 9.17) is 5.26 Å². The molecule has 0 unspecified atom stereocenters. The molecule has 0 fully saturated rings. The first kappa shape index (κ1) is 15.9. The zero-order valence-corrected chi connectivity index (χ0v) is 12.7. The molecule has 0 saturated carbocycles. The molecule has 0 amide bonds. The zero-order valence-electron chi connectivity index (χ0n) is 12.7. The lowest BCUT2D eigenvalue weighted by Gasteiger charge is -2.23. The Labute approximate surface area is 131 Å². The Bertz CT molecular complexity index is 683. The Morgan fingerprint density at radius 3 is 2.41 bits per heavy atom. The van der Waals surface area contributed by atoms with Crippen LogP contribution in [-0.4, -0.2) is 11.4 Å². The molecule has 0 aliphatic rings. The number of halogens is 1. The van der Waals surface area contributed by atoms with E-state index < -0.39 is 0 Å². The van der Waals surface area contributed by atoms with Gasteiger partial charge >= 0.3 is 0 Å². The van der Waals surface area contributed by atoms with Crippen molar-refractivity contribution in [2.24, 2.45) is 0 Å². The van der Waals surface area contributed by atoms with E-state index in [0.29, 0.717) is 12.1 Å². The van der Waals surface area contributed by atoms with Gasteiger partial charge in [-0.25, -0.2) is 4.39 Å². The van der Waals surface area contributed by atoms with Crippen LogP contribution in [0.25, 0.3) is 0 Å².